The molecular weight excluding hydrogens is 292 g/mol. The maximum Gasteiger partial charge on any atom is 0.253 e. The number of carbonyl (C=O) groups excluding carboxylic acids is 2. The van der Waals surface area contributed by atoms with E-state index in [0.29, 0.717) is 30.8 Å². The number of nitriles is 1. The van der Waals surface area contributed by atoms with Crippen molar-refractivity contribution < 1.29 is 9.59 Å². The van der Waals surface area contributed by atoms with Crippen molar-refractivity contribution in [2.45, 2.75) is 18.9 Å². The van der Waals surface area contributed by atoms with E-state index in [-0.39, 0.29) is 17.9 Å². The van der Waals surface area contributed by atoms with Crippen LogP contribution >= 0.6 is 0 Å². The molecule has 23 heavy (non-hydrogen) atoms. The van der Waals surface area contributed by atoms with Crippen LogP contribution in [0.1, 0.15) is 28.8 Å². The molecule has 0 saturated carbocycles. The molecule has 0 spiro atoms. The van der Waals surface area contributed by atoms with Crippen LogP contribution < -0.4 is 5.32 Å². The van der Waals surface area contributed by atoms with Gasteiger partial charge in [0.05, 0.1) is 18.2 Å². The molecule has 2 saturated heterocycles. The lowest BCUT2D eigenvalue weighted by molar-refractivity contribution is -0.135. The average molecular weight is 312 g/mol. The number of piperazine rings is 1. The summed E-state index contributed by atoms with van der Waals surface area (Å²) in [6.07, 6.45) is 1.85. The fraction of sp³-hybridized carbons (Fsp3) is 0.471. The summed E-state index contributed by atoms with van der Waals surface area (Å²) in [5.74, 6) is 0.0932. The van der Waals surface area contributed by atoms with Gasteiger partial charge in [-0.3, -0.25) is 9.59 Å². The Kier molecular flexibility index (Phi) is 4.58. The van der Waals surface area contributed by atoms with Gasteiger partial charge in [0.15, 0.2) is 0 Å². The van der Waals surface area contributed by atoms with Crippen LogP contribution in [0.4, 0.5) is 0 Å². The van der Waals surface area contributed by atoms with E-state index in [1.54, 1.807) is 24.3 Å². The van der Waals surface area contributed by atoms with Crippen molar-refractivity contribution in [3.63, 3.8) is 0 Å². The van der Waals surface area contributed by atoms with E-state index in [1.807, 2.05) is 9.80 Å². The number of likely N-dealkylation sites (tertiary alicyclic amines) is 1. The highest BCUT2D eigenvalue weighted by molar-refractivity contribution is 5.94. The van der Waals surface area contributed by atoms with Crippen molar-refractivity contribution in [1.29, 1.82) is 5.26 Å². The summed E-state index contributed by atoms with van der Waals surface area (Å²) in [6, 6.07) is 8.88. The van der Waals surface area contributed by atoms with Crippen molar-refractivity contribution in [3.8, 4) is 6.07 Å². The molecule has 2 aliphatic heterocycles. The van der Waals surface area contributed by atoms with E-state index in [0.717, 1.165) is 25.9 Å². The Morgan fingerprint density at radius 1 is 1.26 bits per heavy atom. The van der Waals surface area contributed by atoms with Crippen LogP contribution in [0.2, 0.25) is 0 Å². The first-order chi connectivity index (χ1) is 11.2. The summed E-state index contributed by atoms with van der Waals surface area (Å²) in [4.78, 5) is 28.4. The van der Waals surface area contributed by atoms with Crippen molar-refractivity contribution >= 4 is 11.8 Å². The summed E-state index contributed by atoms with van der Waals surface area (Å²) < 4.78 is 0. The van der Waals surface area contributed by atoms with Gasteiger partial charge in [0.1, 0.15) is 0 Å². The zero-order valence-electron chi connectivity index (χ0n) is 13.0. The Labute approximate surface area is 135 Å². The molecule has 1 aromatic carbocycles. The van der Waals surface area contributed by atoms with Gasteiger partial charge in [0.2, 0.25) is 5.91 Å². The number of carbonyl (C=O) groups is 2. The number of nitrogens with zero attached hydrogens (tertiary/aromatic N) is 3. The maximum atomic E-state index is 12.6. The number of rotatable bonds is 2. The molecule has 2 fully saturated rings. The van der Waals surface area contributed by atoms with Crippen molar-refractivity contribution in [3.05, 3.63) is 35.4 Å². The van der Waals surface area contributed by atoms with Crippen LogP contribution in [0, 0.1) is 11.3 Å². The largest absolute Gasteiger partial charge is 0.337 e. The van der Waals surface area contributed by atoms with Gasteiger partial charge < -0.3 is 15.1 Å². The minimum absolute atomic E-state index is 0.0261. The fourth-order valence-corrected chi connectivity index (χ4v) is 3.27. The molecule has 0 aliphatic carbocycles. The molecular formula is C17H20N4O2. The minimum Gasteiger partial charge on any atom is -0.337 e. The second kappa shape index (κ2) is 6.80. The Balaban J connectivity index is 1.68. The molecule has 2 aliphatic rings. The molecule has 2 amide bonds. The summed E-state index contributed by atoms with van der Waals surface area (Å²) >= 11 is 0. The summed E-state index contributed by atoms with van der Waals surface area (Å²) in [7, 11) is 0. The fourth-order valence-electron chi connectivity index (χ4n) is 3.27. The standard InChI is InChI=1S/C17H20N4O2/c18-10-13-3-5-14(6-4-13)17(23)20-8-1-2-15(12-20)21-9-7-19-11-16(21)22/h3-6,15,19H,1-2,7-9,11-12H2. The second-order valence-corrected chi connectivity index (χ2v) is 6.00. The molecule has 1 unspecified atom stereocenters. The SMILES string of the molecule is N#Cc1ccc(C(=O)N2CCCC(N3CCNCC3=O)C2)cc1. The van der Waals surface area contributed by atoms with Crippen molar-refractivity contribution in [2.24, 2.45) is 0 Å². The average Bonchev–Trinajstić information content (AvgIpc) is 2.62. The smallest absolute Gasteiger partial charge is 0.253 e. The van der Waals surface area contributed by atoms with Gasteiger partial charge >= 0.3 is 0 Å². The van der Waals surface area contributed by atoms with Crippen LogP contribution in [-0.2, 0) is 4.79 Å². The van der Waals surface area contributed by atoms with Gasteiger partial charge in [-0.2, -0.15) is 5.26 Å². The molecule has 0 aromatic heterocycles. The highest BCUT2D eigenvalue weighted by Gasteiger charge is 2.31. The molecule has 1 atom stereocenters. The third-order valence-electron chi connectivity index (χ3n) is 4.51. The zero-order chi connectivity index (χ0) is 16.2. The van der Waals surface area contributed by atoms with Crippen LogP contribution in [-0.4, -0.2) is 60.4 Å². The quantitative estimate of drug-likeness (QED) is 0.867. The van der Waals surface area contributed by atoms with E-state index in [1.165, 1.54) is 0 Å². The highest BCUT2D eigenvalue weighted by Crippen LogP contribution is 2.19. The zero-order valence-corrected chi connectivity index (χ0v) is 13.0. The van der Waals surface area contributed by atoms with E-state index in [2.05, 4.69) is 11.4 Å². The molecule has 1 N–H and O–H groups in total. The number of piperidine rings is 1. The topological polar surface area (TPSA) is 76.4 Å². The number of amides is 2. The summed E-state index contributed by atoms with van der Waals surface area (Å²) in [6.45, 7) is 3.22. The van der Waals surface area contributed by atoms with Crippen molar-refractivity contribution in [1.82, 2.24) is 15.1 Å². The monoisotopic (exact) mass is 312 g/mol. The second-order valence-electron chi connectivity index (χ2n) is 6.00. The summed E-state index contributed by atoms with van der Waals surface area (Å²) in [5.41, 5.74) is 1.14. The lowest BCUT2D eigenvalue weighted by atomic mass is 10.0. The Morgan fingerprint density at radius 3 is 2.74 bits per heavy atom. The first-order valence-corrected chi connectivity index (χ1v) is 7.98. The summed E-state index contributed by atoms with van der Waals surface area (Å²) in [5, 5.41) is 11.9. The molecule has 6 nitrogen and oxygen atoms in total. The number of hydrogen-bond donors (Lipinski definition) is 1. The highest BCUT2D eigenvalue weighted by atomic mass is 16.2. The van der Waals surface area contributed by atoms with Crippen LogP contribution in [0.15, 0.2) is 24.3 Å². The van der Waals surface area contributed by atoms with Gasteiger partial charge in [-0.1, -0.05) is 0 Å². The molecule has 0 bridgehead atoms. The number of nitrogens with one attached hydrogen (secondary N) is 1. The van der Waals surface area contributed by atoms with Crippen LogP contribution in [0.3, 0.4) is 0 Å². The maximum absolute atomic E-state index is 12.6. The molecule has 0 radical (unpaired) electrons. The van der Waals surface area contributed by atoms with Crippen LogP contribution in [0.5, 0.6) is 0 Å². The number of benzene rings is 1. The predicted octanol–water partition coefficient (Wildman–Crippen LogP) is 0.595. The van der Waals surface area contributed by atoms with Crippen LogP contribution in [0.25, 0.3) is 0 Å². The van der Waals surface area contributed by atoms with Gasteiger partial charge in [0, 0.05) is 37.8 Å². The van der Waals surface area contributed by atoms with Gasteiger partial charge in [-0.05, 0) is 37.1 Å². The normalized spacial score (nSPS) is 21.9. The molecule has 3 rings (SSSR count). The van der Waals surface area contributed by atoms with E-state index in [9.17, 15) is 9.59 Å². The lowest BCUT2D eigenvalue weighted by Gasteiger charge is -2.41. The minimum atomic E-state index is -0.0261. The first kappa shape index (κ1) is 15.5. The van der Waals surface area contributed by atoms with E-state index in [4.69, 9.17) is 5.26 Å². The van der Waals surface area contributed by atoms with E-state index >= 15 is 0 Å². The van der Waals surface area contributed by atoms with Crippen molar-refractivity contribution in [2.75, 3.05) is 32.7 Å². The molecule has 6 heteroatoms. The molecule has 120 valence electrons. The Hall–Kier alpha value is -2.39. The number of hydrogen-bond acceptors (Lipinski definition) is 4. The lowest BCUT2D eigenvalue weighted by Crippen LogP contribution is -2.57. The molecule has 2 heterocycles. The Morgan fingerprint density at radius 2 is 2.04 bits per heavy atom. The predicted molar refractivity (Wildman–Crippen MR) is 84.7 cm³/mol. The van der Waals surface area contributed by atoms with Gasteiger partial charge in [0.25, 0.3) is 5.91 Å². The first-order valence-electron chi connectivity index (χ1n) is 7.98. The van der Waals surface area contributed by atoms with E-state index < -0.39 is 0 Å². The molecule has 1 aromatic rings. The third kappa shape index (κ3) is 3.35. The van der Waals surface area contributed by atoms with Gasteiger partial charge in [-0.25, -0.2) is 0 Å². The third-order valence-corrected chi connectivity index (χ3v) is 4.51. The Bertz CT molecular complexity index is 635. The van der Waals surface area contributed by atoms with Gasteiger partial charge in [-0.15, -0.1) is 0 Å².